The fourth-order valence-electron chi connectivity index (χ4n) is 1.31. The van der Waals surface area contributed by atoms with Crippen LogP contribution in [0.15, 0.2) is 18.3 Å². The normalized spacial score (nSPS) is 10.9. The zero-order valence-electron chi connectivity index (χ0n) is 11.3. The number of carboxylic acid groups (broad SMARTS) is 1. The van der Waals surface area contributed by atoms with Crippen molar-refractivity contribution >= 4 is 17.9 Å². The van der Waals surface area contributed by atoms with Crippen LogP contribution in [-0.2, 0) is 16.0 Å². The van der Waals surface area contributed by atoms with E-state index in [1.165, 1.54) is 6.20 Å². The SMILES string of the molecule is CC(C)(C)OC(=O)Nc1ccc(CCC(=O)O)cn1. The maximum absolute atomic E-state index is 11.5. The molecule has 0 atom stereocenters. The minimum absolute atomic E-state index is 0.0561. The third-order valence-corrected chi connectivity index (χ3v) is 2.08. The molecule has 1 amide bonds. The number of hydrogen-bond acceptors (Lipinski definition) is 4. The summed E-state index contributed by atoms with van der Waals surface area (Å²) in [5.41, 5.74) is 0.239. The highest BCUT2D eigenvalue weighted by atomic mass is 16.6. The Balaban J connectivity index is 2.52. The molecule has 0 fully saturated rings. The van der Waals surface area contributed by atoms with Crippen LogP contribution >= 0.6 is 0 Å². The molecular weight excluding hydrogens is 248 g/mol. The Hall–Kier alpha value is -2.11. The molecule has 0 aliphatic heterocycles. The van der Waals surface area contributed by atoms with Gasteiger partial charge in [-0.1, -0.05) is 6.07 Å². The Morgan fingerprint density at radius 1 is 1.37 bits per heavy atom. The summed E-state index contributed by atoms with van der Waals surface area (Å²) in [6.07, 6.45) is 1.43. The first-order valence-electron chi connectivity index (χ1n) is 5.93. The third-order valence-electron chi connectivity index (χ3n) is 2.08. The molecule has 6 nitrogen and oxygen atoms in total. The van der Waals surface area contributed by atoms with E-state index in [1.807, 2.05) is 0 Å². The molecule has 0 radical (unpaired) electrons. The van der Waals surface area contributed by atoms with Gasteiger partial charge in [-0.15, -0.1) is 0 Å². The zero-order valence-corrected chi connectivity index (χ0v) is 11.3. The standard InChI is InChI=1S/C13H18N2O4/c1-13(2,3)19-12(18)15-10-6-4-9(8-14-10)5-7-11(16)17/h4,6,8H,5,7H2,1-3H3,(H,16,17)(H,14,15,18). The first-order chi connectivity index (χ1) is 8.76. The fourth-order valence-corrected chi connectivity index (χ4v) is 1.31. The molecule has 1 aromatic rings. The van der Waals surface area contributed by atoms with Gasteiger partial charge in [0.15, 0.2) is 0 Å². The van der Waals surface area contributed by atoms with Crippen LogP contribution in [0.2, 0.25) is 0 Å². The number of nitrogens with zero attached hydrogens (tertiary/aromatic N) is 1. The van der Waals surface area contributed by atoms with Crippen LogP contribution in [0.4, 0.5) is 10.6 Å². The van der Waals surface area contributed by atoms with Crippen LogP contribution < -0.4 is 5.32 Å². The molecule has 1 rings (SSSR count). The topological polar surface area (TPSA) is 88.5 Å². The predicted octanol–water partition coefficient (Wildman–Crippen LogP) is 2.45. The number of carboxylic acids is 1. The van der Waals surface area contributed by atoms with E-state index >= 15 is 0 Å². The molecule has 0 aliphatic carbocycles. The van der Waals surface area contributed by atoms with Gasteiger partial charge in [-0.05, 0) is 38.8 Å². The van der Waals surface area contributed by atoms with Crippen molar-refractivity contribution in [3.8, 4) is 0 Å². The van der Waals surface area contributed by atoms with Crippen molar-refractivity contribution < 1.29 is 19.4 Å². The van der Waals surface area contributed by atoms with E-state index in [1.54, 1.807) is 32.9 Å². The van der Waals surface area contributed by atoms with Crippen molar-refractivity contribution in [3.63, 3.8) is 0 Å². The maximum Gasteiger partial charge on any atom is 0.413 e. The number of nitrogens with one attached hydrogen (secondary N) is 1. The van der Waals surface area contributed by atoms with E-state index in [0.717, 1.165) is 5.56 Å². The summed E-state index contributed by atoms with van der Waals surface area (Å²) in [7, 11) is 0. The van der Waals surface area contributed by atoms with Gasteiger partial charge in [-0.2, -0.15) is 0 Å². The maximum atomic E-state index is 11.5. The summed E-state index contributed by atoms with van der Waals surface area (Å²) in [4.78, 5) is 25.9. The predicted molar refractivity (Wildman–Crippen MR) is 70.1 cm³/mol. The van der Waals surface area contributed by atoms with Crippen molar-refractivity contribution in [1.82, 2.24) is 4.98 Å². The summed E-state index contributed by atoms with van der Waals surface area (Å²) >= 11 is 0. The van der Waals surface area contributed by atoms with Gasteiger partial charge in [0, 0.05) is 12.6 Å². The second kappa shape index (κ2) is 6.17. The lowest BCUT2D eigenvalue weighted by Crippen LogP contribution is -2.27. The van der Waals surface area contributed by atoms with Gasteiger partial charge < -0.3 is 9.84 Å². The number of carbonyl (C=O) groups excluding carboxylic acids is 1. The number of pyridine rings is 1. The number of aryl methyl sites for hydroxylation is 1. The molecule has 0 aliphatic rings. The molecule has 0 saturated heterocycles. The summed E-state index contributed by atoms with van der Waals surface area (Å²) in [6.45, 7) is 5.32. The van der Waals surface area contributed by atoms with Crippen LogP contribution in [-0.4, -0.2) is 27.8 Å². The number of ether oxygens (including phenoxy) is 1. The summed E-state index contributed by atoms with van der Waals surface area (Å²) in [5, 5.41) is 11.1. The number of amides is 1. The Morgan fingerprint density at radius 3 is 2.53 bits per heavy atom. The summed E-state index contributed by atoms with van der Waals surface area (Å²) in [6, 6.07) is 3.34. The molecule has 1 heterocycles. The van der Waals surface area contributed by atoms with Crippen molar-refractivity contribution in [2.45, 2.75) is 39.2 Å². The van der Waals surface area contributed by atoms with E-state index in [9.17, 15) is 9.59 Å². The Labute approximate surface area is 111 Å². The molecule has 0 spiro atoms. The van der Waals surface area contributed by atoms with Gasteiger partial charge in [-0.25, -0.2) is 9.78 Å². The lowest BCUT2D eigenvalue weighted by atomic mass is 10.1. The van der Waals surface area contributed by atoms with Crippen molar-refractivity contribution in [2.24, 2.45) is 0 Å². The highest BCUT2D eigenvalue weighted by Crippen LogP contribution is 2.11. The Bertz CT molecular complexity index is 449. The highest BCUT2D eigenvalue weighted by Gasteiger charge is 2.16. The van der Waals surface area contributed by atoms with Gasteiger partial charge in [0.1, 0.15) is 11.4 Å². The average molecular weight is 266 g/mol. The first-order valence-corrected chi connectivity index (χ1v) is 5.93. The lowest BCUT2D eigenvalue weighted by Gasteiger charge is -2.19. The Morgan fingerprint density at radius 2 is 2.05 bits per heavy atom. The molecule has 0 bridgehead atoms. The van der Waals surface area contributed by atoms with E-state index in [0.29, 0.717) is 12.2 Å². The van der Waals surface area contributed by atoms with E-state index in [4.69, 9.17) is 9.84 Å². The van der Waals surface area contributed by atoms with E-state index in [2.05, 4.69) is 10.3 Å². The average Bonchev–Trinajstić information content (AvgIpc) is 2.25. The van der Waals surface area contributed by atoms with Gasteiger partial charge in [0.05, 0.1) is 0 Å². The van der Waals surface area contributed by atoms with E-state index < -0.39 is 17.7 Å². The number of aliphatic carboxylic acids is 1. The van der Waals surface area contributed by atoms with E-state index in [-0.39, 0.29) is 6.42 Å². The quantitative estimate of drug-likeness (QED) is 0.873. The van der Waals surface area contributed by atoms with Crippen LogP contribution in [0.3, 0.4) is 0 Å². The van der Waals surface area contributed by atoms with Crippen molar-refractivity contribution in [1.29, 1.82) is 0 Å². The Kier molecular flexibility index (Phi) is 4.86. The van der Waals surface area contributed by atoms with Crippen LogP contribution in [0.1, 0.15) is 32.8 Å². The van der Waals surface area contributed by atoms with Gasteiger partial charge >= 0.3 is 12.1 Å². The minimum Gasteiger partial charge on any atom is -0.481 e. The molecular formula is C13H18N2O4. The van der Waals surface area contributed by atoms with Gasteiger partial charge in [-0.3, -0.25) is 10.1 Å². The molecule has 6 heteroatoms. The van der Waals surface area contributed by atoms with Crippen LogP contribution in [0, 0.1) is 0 Å². The molecule has 2 N–H and O–H groups in total. The number of hydrogen-bond donors (Lipinski definition) is 2. The van der Waals surface area contributed by atoms with Crippen LogP contribution in [0.25, 0.3) is 0 Å². The molecule has 104 valence electrons. The fraction of sp³-hybridized carbons (Fsp3) is 0.462. The summed E-state index contributed by atoms with van der Waals surface area (Å²) < 4.78 is 5.08. The zero-order chi connectivity index (χ0) is 14.5. The van der Waals surface area contributed by atoms with Gasteiger partial charge in [0.25, 0.3) is 0 Å². The monoisotopic (exact) mass is 266 g/mol. The van der Waals surface area contributed by atoms with Gasteiger partial charge in [0.2, 0.25) is 0 Å². The number of rotatable bonds is 4. The molecule has 19 heavy (non-hydrogen) atoms. The summed E-state index contributed by atoms with van der Waals surface area (Å²) in [5.74, 6) is -0.482. The second-order valence-electron chi connectivity index (χ2n) is 5.07. The third kappa shape index (κ3) is 6.40. The number of carbonyl (C=O) groups is 2. The molecule has 0 saturated carbocycles. The smallest absolute Gasteiger partial charge is 0.413 e. The molecule has 0 aromatic carbocycles. The first kappa shape index (κ1) is 14.9. The second-order valence-corrected chi connectivity index (χ2v) is 5.07. The number of anilines is 1. The van der Waals surface area contributed by atoms with Crippen LogP contribution in [0.5, 0.6) is 0 Å². The largest absolute Gasteiger partial charge is 0.481 e. The van der Waals surface area contributed by atoms with Crippen molar-refractivity contribution in [3.05, 3.63) is 23.9 Å². The highest BCUT2D eigenvalue weighted by molar-refractivity contribution is 5.83. The number of aromatic nitrogens is 1. The lowest BCUT2D eigenvalue weighted by molar-refractivity contribution is -0.136. The molecule has 1 aromatic heterocycles. The van der Waals surface area contributed by atoms with Crippen molar-refractivity contribution in [2.75, 3.05) is 5.32 Å². The molecule has 0 unspecified atom stereocenters. The minimum atomic E-state index is -0.851.